The number of hydrogen-bond acceptors (Lipinski definition) is 3. The molecular weight excluding hydrogens is 256 g/mol. The quantitative estimate of drug-likeness (QED) is 0.896. The van der Waals surface area contributed by atoms with Crippen LogP contribution in [0.25, 0.3) is 0 Å². The van der Waals surface area contributed by atoms with Gasteiger partial charge >= 0.3 is 0 Å². The molecule has 2 heterocycles. The zero-order valence-electron chi connectivity index (χ0n) is 10.2. The molecule has 0 saturated carbocycles. The van der Waals surface area contributed by atoms with Crippen LogP contribution in [0.15, 0.2) is 11.4 Å². The number of amides is 1. The molecule has 3 nitrogen and oxygen atoms in total. The minimum absolute atomic E-state index is 0. The second-order valence-electron chi connectivity index (χ2n) is 4.23. The van der Waals surface area contributed by atoms with E-state index < -0.39 is 0 Å². The fourth-order valence-corrected chi connectivity index (χ4v) is 3.02. The van der Waals surface area contributed by atoms with E-state index in [0.717, 1.165) is 30.9 Å². The van der Waals surface area contributed by atoms with E-state index in [-0.39, 0.29) is 18.3 Å². The van der Waals surface area contributed by atoms with E-state index in [1.165, 1.54) is 5.56 Å². The van der Waals surface area contributed by atoms with Gasteiger partial charge in [0.1, 0.15) is 0 Å². The molecule has 2 rings (SSSR count). The predicted octanol–water partition coefficient (Wildman–Crippen LogP) is 2.17. The Morgan fingerprint density at radius 3 is 3.06 bits per heavy atom. The van der Waals surface area contributed by atoms with Crippen LogP contribution in [0.3, 0.4) is 0 Å². The first-order valence-electron chi connectivity index (χ1n) is 5.81. The molecule has 1 N–H and O–H groups in total. The molecule has 1 aromatic heterocycles. The van der Waals surface area contributed by atoms with Crippen LogP contribution in [0.4, 0.5) is 0 Å². The lowest BCUT2D eigenvalue weighted by molar-refractivity contribution is 0.0713. The molecule has 0 unspecified atom stereocenters. The number of nitrogens with one attached hydrogen (secondary N) is 1. The molecule has 0 spiro atoms. The summed E-state index contributed by atoms with van der Waals surface area (Å²) in [5.74, 6) is 0.209. The largest absolute Gasteiger partial charge is 0.335 e. The lowest BCUT2D eigenvalue weighted by atomic mass is 10.1. The number of hydrogen-bond donors (Lipinski definition) is 1. The Bertz CT molecular complexity index is 380. The Labute approximate surface area is 113 Å². The van der Waals surface area contributed by atoms with Crippen LogP contribution in [0, 0.1) is 0 Å². The Morgan fingerprint density at radius 2 is 2.41 bits per heavy atom. The highest BCUT2D eigenvalue weighted by molar-refractivity contribution is 7.12. The van der Waals surface area contributed by atoms with E-state index in [2.05, 4.69) is 25.2 Å². The monoisotopic (exact) mass is 274 g/mol. The zero-order valence-corrected chi connectivity index (χ0v) is 11.9. The summed E-state index contributed by atoms with van der Waals surface area (Å²) >= 11 is 1.57. The highest BCUT2D eigenvalue weighted by atomic mass is 35.5. The van der Waals surface area contributed by atoms with Crippen molar-refractivity contribution in [2.24, 2.45) is 0 Å². The average molecular weight is 275 g/mol. The molecule has 5 heteroatoms. The van der Waals surface area contributed by atoms with Gasteiger partial charge < -0.3 is 10.2 Å². The first-order valence-corrected chi connectivity index (χ1v) is 6.69. The van der Waals surface area contributed by atoms with Crippen molar-refractivity contribution in [1.29, 1.82) is 0 Å². The van der Waals surface area contributed by atoms with Gasteiger partial charge in [-0.2, -0.15) is 0 Å². The van der Waals surface area contributed by atoms with Gasteiger partial charge in [0.2, 0.25) is 0 Å². The Balaban J connectivity index is 0.00000144. The molecule has 1 aromatic rings. The normalized spacial score (nSPS) is 19.9. The summed E-state index contributed by atoms with van der Waals surface area (Å²) in [5.41, 5.74) is 1.18. The minimum atomic E-state index is 0. The van der Waals surface area contributed by atoms with E-state index in [9.17, 15) is 4.79 Å². The van der Waals surface area contributed by atoms with Crippen LogP contribution in [0.2, 0.25) is 0 Å². The highest BCUT2D eigenvalue weighted by Gasteiger charge is 2.23. The lowest BCUT2D eigenvalue weighted by Crippen LogP contribution is -2.51. The number of nitrogens with zero attached hydrogens (tertiary/aromatic N) is 1. The van der Waals surface area contributed by atoms with Gasteiger partial charge in [-0.15, -0.1) is 23.7 Å². The van der Waals surface area contributed by atoms with Crippen molar-refractivity contribution in [2.75, 3.05) is 19.6 Å². The van der Waals surface area contributed by atoms with Gasteiger partial charge in [0.15, 0.2) is 0 Å². The Morgan fingerprint density at radius 1 is 1.65 bits per heavy atom. The van der Waals surface area contributed by atoms with Crippen LogP contribution >= 0.6 is 23.7 Å². The Hall–Kier alpha value is -0.580. The number of rotatable bonds is 2. The van der Waals surface area contributed by atoms with Gasteiger partial charge in [-0.3, -0.25) is 4.79 Å². The first kappa shape index (κ1) is 14.5. The maximum absolute atomic E-state index is 12.3. The number of aryl methyl sites for hydroxylation is 1. The maximum Gasteiger partial charge on any atom is 0.264 e. The van der Waals surface area contributed by atoms with E-state index in [1.807, 2.05) is 10.3 Å². The molecule has 17 heavy (non-hydrogen) atoms. The first-order chi connectivity index (χ1) is 7.72. The van der Waals surface area contributed by atoms with Crippen LogP contribution in [-0.2, 0) is 6.42 Å². The second-order valence-corrected chi connectivity index (χ2v) is 5.15. The number of thiophene rings is 1. The minimum Gasteiger partial charge on any atom is -0.335 e. The van der Waals surface area contributed by atoms with Gasteiger partial charge in [0.05, 0.1) is 4.88 Å². The fourth-order valence-electron chi connectivity index (χ4n) is 2.06. The lowest BCUT2D eigenvalue weighted by Gasteiger charge is -2.31. The van der Waals surface area contributed by atoms with E-state index in [4.69, 9.17) is 0 Å². The summed E-state index contributed by atoms with van der Waals surface area (Å²) < 4.78 is 0. The SMILES string of the molecule is CCc1ccsc1C(=O)N1CCN[C@H](C)C1.Cl. The third-order valence-electron chi connectivity index (χ3n) is 2.98. The van der Waals surface area contributed by atoms with Gasteiger partial charge in [-0.25, -0.2) is 0 Å². The van der Waals surface area contributed by atoms with E-state index in [1.54, 1.807) is 11.3 Å². The predicted molar refractivity (Wildman–Crippen MR) is 74.3 cm³/mol. The van der Waals surface area contributed by atoms with E-state index >= 15 is 0 Å². The molecule has 0 radical (unpaired) electrons. The van der Waals surface area contributed by atoms with Crippen molar-refractivity contribution < 1.29 is 4.79 Å². The summed E-state index contributed by atoms with van der Waals surface area (Å²) in [7, 11) is 0. The number of halogens is 1. The van der Waals surface area contributed by atoms with Gasteiger partial charge in [0, 0.05) is 25.7 Å². The highest BCUT2D eigenvalue weighted by Crippen LogP contribution is 2.20. The summed E-state index contributed by atoms with van der Waals surface area (Å²) in [6.07, 6.45) is 0.937. The molecule has 0 aromatic carbocycles. The maximum atomic E-state index is 12.3. The number of carbonyl (C=O) groups is 1. The van der Waals surface area contributed by atoms with Crippen LogP contribution < -0.4 is 5.32 Å². The van der Waals surface area contributed by atoms with Crippen molar-refractivity contribution in [3.63, 3.8) is 0 Å². The molecule has 1 aliphatic heterocycles. The summed E-state index contributed by atoms with van der Waals surface area (Å²) in [5, 5.41) is 5.36. The van der Waals surface area contributed by atoms with Crippen LogP contribution in [-0.4, -0.2) is 36.5 Å². The van der Waals surface area contributed by atoms with Gasteiger partial charge in [-0.05, 0) is 30.4 Å². The van der Waals surface area contributed by atoms with Crippen molar-refractivity contribution in [1.82, 2.24) is 10.2 Å². The molecule has 0 aliphatic carbocycles. The standard InChI is InChI=1S/C12H18N2OS.ClH/c1-3-10-4-7-16-11(10)12(15)14-6-5-13-9(2)8-14;/h4,7,9,13H,3,5-6,8H2,1-2H3;1H/t9-;/m1./s1. The molecule has 1 aliphatic rings. The van der Waals surface area contributed by atoms with Crippen molar-refractivity contribution >= 4 is 29.7 Å². The van der Waals surface area contributed by atoms with Crippen molar-refractivity contribution in [3.05, 3.63) is 21.9 Å². The summed E-state index contributed by atoms with van der Waals surface area (Å²) in [6, 6.07) is 2.46. The van der Waals surface area contributed by atoms with Crippen molar-refractivity contribution in [2.45, 2.75) is 26.3 Å². The third-order valence-corrected chi connectivity index (χ3v) is 3.92. The second kappa shape index (κ2) is 6.38. The molecule has 1 amide bonds. The van der Waals surface area contributed by atoms with E-state index in [0.29, 0.717) is 6.04 Å². The molecule has 96 valence electrons. The molecule has 1 saturated heterocycles. The zero-order chi connectivity index (χ0) is 11.5. The third kappa shape index (κ3) is 3.21. The molecule has 0 bridgehead atoms. The number of carbonyl (C=O) groups excluding carboxylic acids is 1. The van der Waals surface area contributed by atoms with Crippen LogP contribution in [0.1, 0.15) is 29.1 Å². The van der Waals surface area contributed by atoms with Gasteiger partial charge in [-0.1, -0.05) is 6.92 Å². The Kier molecular flexibility index (Phi) is 5.43. The van der Waals surface area contributed by atoms with Crippen LogP contribution in [0.5, 0.6) is 0 Å². The molecule has 1 fully saturated rings. The number of piperazine rings is 1. The van der Waals surface area contributed by atoms with Crippen molar-refractivity contribution in [3.8, 4) is 0 Å². The molecule has 1 atom stereocenters. The topological polar surface area (TPSA) is 32.3 Å². The summed E-state index contributed by atoms with van der Waals surface area (Å²) in [4.78, 5) is 15.2. The fraction of sp³-hybridized carbons (Fsp3) is 0.583. The summed E-state index contributed by atoms with van der Waals surface area (Å²) in [6.45, 7) is 6.76. The smallest absolute Gasteiger partial charge is 0.264 e. The molecular formula is C12H19ClN2OS. The average Bonchev–Trinajstić information content (AvgIpc) is 2.76. The van der Waals surface area contributed by atoms with Gasteiger partial charge in [0.25, 0.3) is 5.91 Å².